The third-order valence-electron chi connectivity index (χ3n) is 6.63. The summed E-state index contributed by atoms with van der Waals surface area (Å²) in [6.07, 6.45) is 9.46. The van der Waals surface area contributed by atoms with Crippen molar-refractivity contribution in [2.45, 2.75) is 38.1 Å². The molecule has 0 bridgehead atoms. The molecule has 7 heteroatoms. The van der Waals surface area contributed by atoms with Crippen molar-refractivity contribution in [1.82, 2.24) is 9.80 Å². The van der Waals surface area contributed by atoms with E-state index in [4.69, 9.17) is 0 Å². The molecule has 0 aliphatic carbocycles. The number of carbonyl (C=O) groups is 1. The smallest absolute Gasteiger partial charge is 0.246 e. The van der Waals surface area contributed by atoms with Crippen LogP contribution >= 0.6 is 0 Å². The fraction of sp³-hybridized carbons (Fsp3) is 0.609. The predicted octanol–water partition coefficient (Wildman–Crippen LogP) is 2.41. The average molecular weight is 432 g/mol. The van der Waals surface area contributed by atoms with E-state index in [9.17, 15) is 13.2 Å². The molecule has 0 aromatic heterocycles. The molecule has 3 aliphatic heterocycles. The minimum Gasteiger partial charge on any atom is -0.372 e. The number of piperazine rings is 1. The Morgan fingerprint density at radius 3 is 2.17 bits per heavy atom. The quantitative estimate of drug-likeness (QED) is 0.685. The van der Waals surface area contributed by atoms with E-state index in [0.717, 1.165) is 38.2 Å². The van der Waals surface area contributed by atoms with Gasteiger partial charge in [0.05, 0.1) is 11.5 Å². The molecule has 4 rings (SSSR count). The van der Waals surface area contributed by atoms with Crippen LogP contribution in [0.2, 0.25) is 0 Å². The van der Waals surface area contributed by atoms with E-state index in [1.54, 1.807) is 6.08 Å². The lowest BCUT2D eigenvalue weighted by Gasteiger charge is -2.37. The molecule has 6 nitrogen and oxygen atoms in total. The zero-order valence-corrected chi connectivity index (χ0v) is 18.5. The molecule has 0 saturated carbocycles. The van der Waals surface area contributed by atoms with Gasteiger partial charge in [0.25, 0.3) is 0 Å². The van der Waals surface area contributed by atoms with Crippen molar-refractivity contribution in [3.8, 4) is 0 Å². The summed E-state index contributed by atoms with van der Waals surface area (Å²) in [6, 6.07) is 8.61. The van der Waals surface area contributed by atoms with Gasteiger partial charge in [-0.3, -0.25) is 9.69 Å². The minimum atomic E-state index is -2.86. The second kappa shape index (κ2) is 9.52. The van der Waals surface area contributed by atoms with E-state index in [1.165, 1.54) is 31.4 Å². The summed E-state index contributed by atoms with van der Waals surface area (Å²) < 4.78 is 23.4. The van der Waals surface area contributed by atoms with Gasteiger partial charge in [-0.2, -0.15) is 0 Å². The summed E-state index contributed by atoms with van der Waals surface area (Å²) in [6.45, 7) is 5.09. The molecule has 3 aliphatic rings. The Balaban J connectivity index is 1.27. The summed E-state index contributed by atoms with van der Waals surface area (Å²) in [7, 11) is -2.86. The lowest BCUT2D eigenvalue weighted by molar-refractivity contribution is -0.127. The summed E-state index contributed by atoms with van der Waals surface area (Å²) in [5, 5.41) is 0. The maximum atomic E-state index is 12.6. The summed E-state index contributed by atoms with van der Waals surface area (Å²) in [4.78, 5) is 19.1. The lowest BCUT2D eigenvalue weighted by Crippen LogP contribution is -2.52. The standard InChI is InChI=1S/C23H33N3O3S/c27-23(26-16-14-25(15-17-26)22-11-18-30(28,29)19-22)10-7-20-5-8-21(9-6-20)24-12-3-1-2-4-13-24/h5-10,22H,1-4,11-19H2/b10-7+/t22-/m1/s1. The van der Waals surface area contributed by atoms with Crippen molar-refractivity contribution >= 4 is 27.5 Å². The molecule has 3 saturated heterocycles. The van der Waals surface area contributed by atoms with Crippen molar-refractivity contribution in [2.24, 2.45) is 0 Å². The van der Waals surface area contributed by atoms with Crippen molar-refractivity contribution in [3.63, 3.8) is 0 Å². The van der Waals surface area contributed by atoms with Gasteiger partial charge in [-0.05, 0) is 43.0 Å². The Bertz CT molecular complexity index is 850. The highest BCUT2D eigenvalue weighted by Crippen LogP contribution is 2.21. The van der Waals surface area contributed by atoms with Crippen molar-refractivity contribution in [2.75, 3.05) is 55.7 Å². The van der Waals surface area contributed by atoms with Gasteiger partial charge < -0.3 is 9.80 Å². The number of carbonyl (C=O) groups excluding carboxylic acids is 1. The van der Waals surface area contributed by atoms with E-state index < -0.39 is 9.84 Å². The number of amides is 1. The molecule has 0 radical (unpaired) electrons. The fourth-order valence-corrected chi connectivity index (χ4v) is 6.53. The number of benzene rings is 1. The van der Waals surface area contributed by atoms with E-state index >= 15 is 0 Å². The highest BCUT2D eigenvalue weighted by Gasteiger charge is 2.34. The van der Waals surface area contributed by atoms with E-state index in [1.807, 2.05) is 11.0 Å². The number of sulfone groups is 1. The Morgan fingerprint density at radius 2 is 1.57 bits per heavy atom. The van der Waals surface area contributed by atoms with Gasteiger partial charge in [-0.15, -0.1) is 0 Å². The average Bonchev–Trinajstić information content (AvgIpc) is 2.95. The molecule has 1 aromatic carbocycles. The molecule has 30 heavy (non-hydrogen) atoms. The van der Waals surface area contributed by atoms with Crippen molar-refractivity contribution in [1.29, 1.82) is 0 Å². The number of nitrogens with zero attached hydrogens (tertiary/aromatic N) is 3. The van der Waals surface area contributed by atoms with Gasteiger partial charge >= 0.3 is 0 Å². The Labute approximate surface area is 180 Å². The van der Waals surface area contributed by atoms with Gasteiger partial charge in [-0.25, -0.2) is 8.42 Å². The number of anilines is 1. The molecule has 1 amide bonds. The fourth-order valence-electron chi connectivity index (χ4n) is 4.77. The van der Waals surface area contributed by atoms with Crippen molar-refractivity contribution < 1.29 is 13.2 Å². The maximum absolute atomic E-state index is 12.6. The third kappa shape index (κ3) is 5.43. The largest absolute Gasteiger partial charge is 0.372 e. The molecular formula is C23H33N3O3S. The lowest BCUT2D eigenvalue weighted by atomic mass is 10.1. The van der Waals surface area contributed by atoms with Crippen LogP contribution in [0.1, 0.15) is 37.7 Å². The Hall–Kier alpha value is -1.86. The second-order valence-corrected chi connectivity index (χ2v) is 11.0. The molecular weight excluding hydrogens is 398 g/mol. The van der Waals surface area contributed by atoms with Crippen molar-refractivity contribution in [3.05, 3.63) is 35.9 Å². The summed E-state index contributed by atoms with van der Waals surface area (Å²) in [5.41, 5.74) is 2.31. The minimum absolute atomic E-state index is 0.0327. The Morgan fingerprint density at radius 1 is 0.900 bits per heavy atom. The SMILES string of the molecule is O=C(/C=C/c1ccc(N2CCCCCC2)cc1)N1CCN([C@@H]2CCS(=O)(=O)C2)CC1. The molecule has 0 unspecified atom stereocenters. The van der Waals surface area contributed by atoms with Crippen LogP contribution in [0, 0.1) is 0 Å². The van der Waals surface area contributed by atoms with Gasteiger partial charge in [0.2, 0.25) is 5.91 Å². The molecule has 1 aromatic rings. The van der Waals surface area contributed by atoms with E-state index in [0.29, 0.717) is 18.8 Å². The third-order valence-corrected chi connectivity index (χ3v) is 8.38. The maximum Gasteiger partial charge on any atom is 0.246 e. The van der Waals surface area contributed by atoms with Crippen LogP contribution in [0.3, 0.4) is 0 Å². The van der Waals surface area contributed by atoms with Gasteiger partial charge in [-0.1, -0.05) is 25.0 Å². The molecule has 0 spiro atoms. The summed E-state index contributed by atoms with van der Waals surface area (Å²) >= 11 is 0. The number of rotatable bonds is 4. The van der Waals surface area contributed by atoms with E-state index in [2.05, 4.69) is 34.1 Å². The molecule has 1 atom stereocenters. The zero-order valence-electron chi connectivity index (χ0n) is 17.7. The second-order valence-electron chi connectivity index (χ2n) is 8.74. The Kier molecular flexibility index (Phi) is 6.78. The highest BCUT2D eigenvalue weighted by atomic mass is 32.2. The normalized spacial score (nSPS) is 25.5. The predicted molar refractivity (Wildman–Crippen MR) is 121 cm³/mol. The monoisotopic (exact) mass is 431 g/mol. The molecule has 3 heterocycles. The van der Waals surface area contributed by atoms with Crippen LogP contribution in [0.25, 0.3) is 6.08 Å². The number of hydrogen-bond acceptors (Lipinski definition) is 5. The molecule has 0 N–H and O–H groups in total. The van der Waals surface area contributed by atoms with Crippen LogP contribution in [-0.2, 0) is 14.6 Å². The molecule has 164 valence electrons. The summed E-state index contributed by atoms with van der Waals surface area (Å²) in [5.74, 6) is 0.606. The van der Waals surface area contributed by atoms with Gasteiger partial charge in [0, 0.05) is 57.1 Å². The first kappa shape index (κ1) is 21.4. The highest BCUT2D eigenvalue weighted by molar-refractivity contribution is 7.91. The number of hydrogen-bond donors (Lipinski definition) is 0. The van der Waals surface area contributed by atoms with Crippen LogP contribution in [0.15, 0.2) is 30.3 Å². The van der Waals surface area contributed by atoms with Crippen LogP contribution in [0.4, 0.5) is 5.69 Å². The van der Waals surface area contributed by atoms with Crippen LogP contribution < -0.4 is 4.90 Å². The van der Waals surface area contributed by atoms with Gasteiger partial charge in [0.1, 0.15) is 0 Å². The van der Waals surface area contributed by atoms with Crippen LogP contribution in [0.5, 0.6) is 0 Å². The first-order valence-corrected chi connectivity index (χ1v) is 13.1. The zero-order chi connectivity index (χ0) is 21.0. The van der Waals surface area contributed by atoms with Gasteiger partial charge in [0.15, 0.2) is 9.84 Å². The van der Waals surface area contributed by atoms with Crippen LogP contribution in [-0.4, -0.2) is 80.9 Å². The van der Waals surface area contributed by atoms with E-state index in [-0.39, 0.29) is 17.7 Å². The first-order chi connectivity index (χ1) is 14.5. The topological polar surface area (TPSA) is 60.9 Å². The first-order valence-electron chi connectivity index (χ1n) is 11.3. The molecule has 3 fully saturated rings.